The van der Waals surface area contributed by atoms with Gasteiger partial charge in [-0.3, -0.25) is 0 Å². The SMILES string of the molecule is CCOC(=O)/C=C/C(=O)Oc1ccccc1C1OCCO1. The lowest BCUT2D eigenvalue weighted by molar-refractivity contribution is -0.138. The molecule has 0 saturated carbocycles. The minimum atomic E-state index is -0.673. The Morgan fingerprint density at radius 3 is 2.57 bits per heavy atom. The number of esters is 2. The lowest BCUT2D eigenvalue weighted by atomic mass is 10.2. The van der Waals surface area contributed by atoms with E-state index in [-0.39, 0.29) is 6.61 Å². The van der Waals surface area contributed by atoms with Gasteiger partial charge < -0.3 is 18.9 Å². The van der Waals surface area contributed by atoms with Crippen molar-refractivity contribution in [1.82, 2.24) is 0 Å². The van der Waals surface area contributed by atoms with Crippen molar-refractivity contribution in [3.63, 3.8) is 0 Å². The normalized spacial score (nSPS) is 15.3. The van der Waals surface area contributed by atoms with Crippen LogP contribution in [-0.4, -0.2) is 31.8 Å². The summed E-state index contributed by atoms with van der Waals surface area (Å²) < 4.78 is 20.6. The van der Waals surface area contributed by atoms with Crippen LogP contribution in [0.1, 0.15) is 18.8 Å². The maximum atomic E-state index is 11.7. The van der Waals surface area contributed by atoms with Crippen molar-refractivity contribution in [2.24, 2.45) is 0 Å². The molecule has 0 radical (unpaired) electrons. The third kappa shape index (κ3) is 4.40. The predicted octanol–water partition coefficient (Wildman–Crippen LogP) is 1.76. The number of hydrogen-bond acceptors (Lipinski definition) is 6. The topological polar surface area (TPSA) is 71.1 Å². The van der Waals surface area contributed by atoms with E-state index in [0.29, 0.717) is 24.5 Å². The fourth-order valence-electron chi connectivity index (χ4n) is 1.78. The van der Waals surface area contributed by atoms with Crippen molar-refractivity contribution >= 4 is 11.9 Å². The summed E-state index contributed by atoms with van der Waals surface area (Å²) in [5, 5.41) is 0. The average molecular weight is 292 g/mol. The second-order valence-corrected chi connectivity index (χ2v) is 4.12. The van der Waals surface area contributed by atoms with Crippen LogP contribution in [0.2, 0.25) is 0 Å². The van der Waals surface area contributed by atoms with E-state index < -0.39 is 18.2 Å². The highest BCUT2D eigenvalue weighted by atomic mass is 16.7. The molecule has 0 aliphatic carbocycles. The first-order chi connectivity index (χ1) is 10.2. The van der Waals surface area contributed by atoms with Gasteiger partial charge in [0.15, 0.2) is 6.29 Å². The van der Waals surface area contributed by atoms with Crippen LogP contribution >= 0.6 is 0 Å². The monoisotopic (exact) mass is 292 g/mol. The average Bonchev–Trinajstić information content (AvgIpc) is 3.00. The van der Waals surface area contributed by atoms with Gasteiger partial charge in [-0.05, 0) is 13.0 Å². The largest absolute Gasteiger partial charge is 0.463 e. The van der Waals surface area contributed by atoms with E-state index in [2.05, 4.69) is 4.74 Å². The second kappa shape index (κ2) is 7.56. The molecular weight excluding hydrogens is 276 g/mol. The number of hydrogen-bond donors (Lipinski definition) is 0. The Kier molecular flexibility index (Phi) is 5.48. The minimum Gasteiger partial charge on any atom is -0.463 e. The maximum Gasteiger partial charge on any atom is 0.336 e. The molecule has 6 heteroatoms. The molecule has 2 rings (SSSR count). The Bertz CT molecular complexity index is 531. The highest BCUT2D eigenvalue weighted by molar-refractivity contribution is 5.92. The van der Waals surface area contributed by atoms with E-state index in [9.17, 15) is 9.59 Å². The molecule has 0 amide bonds. The Morgan fingerprint density at radius 2 is 1.86 bits per heavy atom. The molecule has 112 valence electrons. The van der Waals surface area contributed by atoms with Crippen molar-refractivity contribution in [3.8, 4) is 5.75 Å². The third-order valence-corrected chi connectivity index (χ3v) is 2.65. The minimum absolute atomic E-state index is 0.247. The van der Waals surface area contributed by atoms with Gasteiger partial charge in [0.25, 0.3) is 0 Å². The van der Waals surface area contributed by atoms with Gasteiger partial charge in [0.05, 0.1) is 25.4 Å². The van der Waals surface area contributed by atoms with Crippen LogP contribution < -0.4 is 4.74 Å². The summed E-state index contributed by atoms with van der Waals surface area (Å²) in [4.78, 5) is 22.8. The molecule has 6 nitrogen and oxygen atoms in total. The van der Waals surface area contributed by atoms with Gasteiger partial charge in [0.2, 0.25) is 0 Å². The fraction of sp³-hybridized carbons (Fsp3) is 0.333. The van der Waals surface area contributed by atoms with Crippen LogP contribution in [0.5, 0.6) is 5.75 Å². The lowest BCUT2D eigenvalue weighted by Gasteiger charge is -2.13. The van der Waals surface area contributed by atoms with E-state index >= 15 is 0 Å². The zero-order valence-electron chi connectivity index (χ0n) is 11.6. The van der Waals surface area contributed by atoms with Gasteiger partial charge in [-0.25, -0.2) is 9.59 Å². The molecule has 0 N–H and O–H groups in total. The first kappa shape index (κ1) is 15.2. The van der Waals surface area contributed by atoms with E-state index in [0.717, 1.165) is 12.2 Å². The Hall–Kier alpha value is -2.18. The van der Waals surface area contributed by atoms with Crippen molar-refractivity contribution in [2.45, 2.75) is 13.2 Å². The molecular formula is C15H16O6. The first-order valence-corrected chi connectivity index (χ1v) is 6.59. The second-order valence-electron chi connectivity index (χ2n) is 4.12. The molecule has 0 atom stereocenters. The summed E-state index contributed by atoms with van der Waals surface area (Å²) in [7, 11) is 0. The summed E-state index contributed by atoms with van der Waals surface area (Å²) in [5.74, 6) is -0.929. The molecule has 0 unspecified atom stereocenters. The Morgan fingerprint density at radius 1 is 1.19 bits per heavy atom. The molecule has 1 heterocycles. The molecule has 0 spiro atoms. The lowest BCUT2D eigenvalue weighted by Crippen LogP contribution is -2.09. The number of carbonyl (C=O) groups is 2. The van der Waals surface area contributed by atoms with Crippen molar-refractivity contribution in [2.75, 3.05) is 19.8 Å². The first-order valence-electron chi connectivity index (χ1n) is 6.59. The van der Waals surface area contributed by atoms with Crippen molar-refractivity contribution < 1.29 is 28.5 Å². The Labute approximate surface area is 122 Å². The number of carbonyl (C=O) groups excluding carboxylic acids is 2. The number of rotatable bonds is 5. The van der Waals surface area contributed by atoms with Crippen LogP contribution in [0.25, 0.3) is 0 Å². The van der Waals surface area contributed by atoms with Gasteiger partial charge in [-0.2, -0.15) is 0 Å². The quantitative estimate of drug-likeness (QED) is 0.468. The van der Waals surface area contributed by atoms with Gasteiger partial charge in [-0.1, -0.05) is 18.2 Å². The summed E-state index contributed by atoms with van der Waals surface area (Å²) >= 11 is 0. The Balaban J connectivity index is 2.02. The van der Waals surface area contributed by atoms with Crippen LogP contribution in [0.15, 0.2) is 36.4 Å². The molecule has 0 aromatic heterocycles. The molecule has 1 aromatic carbocycles. The van der Waals surface area contributed by atoms with E-state index in [1.165, 1.54) is 0 Å². The fourth-order valence-corrected chi connectivity index (χ4v) is 1.78. The predicted molar refractivity (Wildman–Crippen MR) is 72.5 cm³/mol. The smallest absolute Gasteiger partial charge is 0.336 e. The third-order valence-electron chi connectivity index (χ3n) is 2.65. The zero-order chi connectivity index (χ0) is 15.1. The molecule has 1 aliphatic heterocycles. The molecule has 1 aliphatic rings. The standard InChI is InChI=1S/C15H16O6/c1-2-18-13(16)7-8-14(17)21-12-6-4-3-5-11(12)15-19-9-10-20-15/h3-8,15H,2,9-10H2,1H3/b8-7+. The van der Waals surface area contributed by atoms with Crippen LogP contribution in [0, 0.1) is 0 Å². The van der Waals surface area contributed by atoms with Gasteiger partial charge >= 0.3 is 11.9 Å². The van der Waals surface area contributed by atoms with Gasteiger partial charge in [-0.15, -0.1) is 0 Å². The van der Waals surface area contributed by atoms with Crippen molar-refractivity contribution in [1.29, 1.82) is 0 Å². The number of benzene rings is 1. The molecule has 1 saturated heterocycles. The summed E-state index contributed by atoms with van der Waals surface area (Å²) in [5.41, 5.74) is 0.632. The van der Waals surface area contributed by atoms with Crippen LogP contribution in [0.4, 0.5) is 0 Å². The van der Waals surface area contributed by atoms with Gasteiger partial charge in [0, 0.05) is 12.2 Å². The summed E-state index contributed by atoms with van der Waals surface area (Å²) in [6, 6.07) is 6.92. The van der Waals surface area contributed by atoms with Crippen molar-refractivity contribution in [3.05, 3.63) is 42.0 Å². The van der Waals surface area contributed by atoms with E-state index in [1.54, 1.807) is 31.2 Å². The highest BCUT2D eigenvalue weighted by Crippen LogP contribution is 2.31. The molecule has 1 aromatic rings. The summed E-state index contributed by atoms with van der Waals surface area (Å²) in [6.45, 7) is 2.92. The van der Waals surface area contributed by atoms with Gasteiger partial charge in [0.1, 0.15) is 5.75 Å². The maximum absolute atomic E-state index is 11.7. The van der Waals surface area contributed by atoms with Crippen LogP contribution in [0.3, 0.4) is 0 Å². The zero-order valence-corrected chi connectivity index (χ0v) is 11.6. The highest BCUT2D eigenvalue weighted by Gasteiger charge is 2.22. The van der Waals surface area contributed by atoms with Crippen LogP contribution in [-0.2, 0) is 23.8 Å². The number of ether oxygens (including phenoxy) is 4. The van der Waals surface area contributed by atoms with E-state index in [1.807, 2.05) is 0 Å². The summed E-state index contributed by atoms with van der Waals surface area (Å²) in [6.07, 6.45) is 1.50. The van der Waals surface area contributed by atoms with E-state index in [4.69, 9.17) is 14.2 Å². The number of para-hydroxylation sites is 1. The molecule has 0 bridgehead atoms. The molecule has 1 fully saturated rings. The molecule has 21 heavy (non-hydrogen) atoms.